The summed E-state index contributed by atoms with van der Waals surface area (Å²) in [6, 6.07) is 6.47. The van der Waals surface area contributed by atoms with Crippen molar-refractivity contribution in [3.63, 3.8) is 0 Å². The number of nitrogens with one attached hydrogen (secondary N) is 1. The second-order valence-electron chi connectivity index (χ2n) is 8.16. The molecular formula is C24H30Cl2F3N3O4S. The van der Waals surface area contributed by atoms with Gasteiger partial charge in [0, 0.05) is 34.3 Å². The van der Waals surface area contributed by atoms with Crippen LogP contribution in [-0.2, 0) is 22.9 Å². The van der Waals surface area contributed by atoms with E-state index in [-0.39, 0.29) is 50.5 Å². The van der Waals surface area contributed by atoms with Gasteiger partial charge in [-0.2, -0.15) is 0 Å². The number of nitrogens with two attached hydrogens (primary N) is 1. The van der Waals surface area contributed by atoms with Crippen LogP contribution in [0.3, 0.4) is 0 Å². The monoisotopic (exact) mass is 583 g/mol. The molecule has 1 fully saturated rings. The summed E-state index contributed by atoms with van der Waals surface area (Å²) in [6.07, 6.45) is -2.04. The first-order valence-electron chi connectivity index (χ1n) is 11.6. The predicted octanol–water partition coefficient (Wildman–Crippen LogP) is 5.18. The van der Waals surface area contributed by atoms with E-state index in [1.807, 2.05) is 4.90 Å². The first-order chi connectivity index (χ1) is 17.4. The summed E-state index contributed by atoms with van der Waals surface area (Å²) in [4.78, 5) is 14.8. The summed E-state index contributed by atoms with van der Waals surface area (Å²) in [5.74, 6) is -1.44. The van der Waals surface area contributed by atoms with E-state index < -0.39 is 27.9 Å². The van der Waals surface area contributed by atoms with Gasteiger partial charge in [0.2, 0.25) is 0 Å². The number of benzene rings is 2. The number of hydrogen-bond acceptors (Lipinski definition) is 6. The number of piperidine rings is 1. The van der Waals surface area contributed by atoms with Gasteiger partial charge in [0.05, 0.1) is 10.6 Å². The van der Waals surface area contributed by atoms with E-state index in [1.54, 1.807) is 0 Å². The molecule has 0 unspecified atom stereocenters. The number of carbonyl (C=O) groups is 1. The molecule has 0 spiro atoms. The molecule has 3 rings (SSSR count). The number of ether oxygens (including phenoxy) is 1. The van der Waals surface area contributed by atoms with Crippen LogP contribution in [-0.4, -0.2) is 51.5 Å². The normalized spacial score (nSPS) is 14.5. The van der Waals surface area contributed by atoms with Gasteiger partial charge >= 0.3 is 6.36 Å². The molecule has 37 heavy (non-hydrogen) atoms. The molecule has 1 aliphatic rings. The Kier molecular flexibility index (Phi) is 11.5. The highest BCUT2D eigenvalue weighted by atomic mass is 35.5. The smallest absolute Gasteiger partial charge is 0.405 e. The van der Waals surface area contributed by atoms with Crippen LogP contribution >= 0.6 is 23.2 Å². The zero-order valence-corrected chi connectivity index (χ0v) is 22.8. The Bertz CT molecular complexity index is 1190. The molecule has 3 N–H and O–H groups in total. The number of alkyl halides is 3. The van der Waals surface area contributed by atoms with Gasteiger partial charge in [-0.25, -0.2) is 8.42 Å². The lowest BCUT2D eigenvalue weighted by atomic mass is 10.1. The fraction of sp³-hybridized carbons (Fsp3) is 0.458. The average molecular weight is 584 g/mol. The highest BCUT2D eigenvalue weighted by Crippen LogP contribution is 2.34. The number of sulfone groups is 1. The molecule has 0 atom stereocenters. The van der Waals surface area contributed by atoms with E-state index in [2.05, 4.69) is 15.8 Å². The standard InChI is InChI=1S/C23H25Cl2F3N2O4S.CH5N/c1-2-35(32,33)21-7-6-17(24)10-16(21)13-29-22(31)15-11-19(25)18(14-30-8-4-3-5-9-30)20(12-15)34-23(26,27)28;1-2/h6-7,10-12H,2-5,8-9,13-14H2,1H3,(H,29,31);2H2,1H3. The Balaban J connectivity index is 0.00000235. The van der Waals surface area contributed by atoms with E-state index >= 15 is 0 Å². The molecule has 1 amide bonds. The van der Waals surface area contributed by atoms with Gasteiger partial charge in [0.1, 0.15) is 5.75 Å². The van der Waals surface area contributed by atoms with Crippen molar-refractivity contribution in [2.75, 3.05) is 25.9 Å². The Labute approximate surface area is 225 Å². The summed E-state index contributed by atoms with van der Waals surface area (Å²) in [6.45, 7) is 2.89. The van der Waals surface area contributed by atoms with Crippen LogP contribution in [0.4, 0.5) is 13.2 Å². The van der Waals surface area contributed by atoms with Crippen molar-refractivity contribution in [2.45, 2.75) is 50.5 Å². The Morgan fingerprint density at radius 3 is 2.35 bits per heavy atom. The highest BCUT2D eigenvalue weighted by Gasteiger charge is 2.33. The van der Waals surface area contributed by atoms with Gasteiger partial charge in [-0.05, 0) is 68.9 Å². The van der Waals surface area contributed by atoms with E-state index in [1.165, 1.54) is 38.2 Å². The van der Waals surface area contributed by atoms with E-state index in [9.17, 15) is 26.4 Å². The number of likely N-dealkylation sites (tertiary alicyclic amines) is 1. The number of carbonyl (C=O) groups excluding carboxylic acids is 1. The number of nitrogens with zero attached hydrogens (tertiary/aromatic N) is 1. The van der Waals surface area contributed by atoms with Gasteiger partial charge < -0.3 is 15.8 Å². The number of rotatable bonds is 8. The lowest BCUT2D eigenvalue weighted by molar-refractivity contribution is -0.275. The van der Waals surface area contributed by atoms with Crippen molar-refractivity contribution >= 4 is 38.9 Å². The third-order valence-electron chi connectivity index (χ3n) is 5.65. The molecule has 0 bridgehead atoms. The van der Waals surface area contributed by atoms with Gasteiger partial charge in [0.25, 0.3) is 5.91 Å². The molecule has 7 nitrogen and oxygen atoms in total. The van der Waals surface area contributed by atoms with Crippen LogP contribution in [0.25, 0.3) is 0 Å². The van der Waals surface area contributed by atoms with Gasteiger partial charge in [-0.1, -0.05) is 36.5 Å². The maximum Gasteiger partial charge on any atom is 0.573 e. The van der Waals surface area contributed by atoms with Crippen LogP contribution in [0, 0.1) is 0 Å². The fourth-order valence-electron chi connectivity index (χ4n) is 3.88. The van der Waals surface area contributed by atoms with Crippen LogP contribution in [0.5, 0.6) is 5.75 Å². The van der Waals surface area contributed by atoms with Gasteiger partial charge in [0.15, 0.2) is 9.84 Å². The second kappa shape index (κ2) is 13.7. The van der Waals surface area contributed by atoms with E-state index in [0.717, 1.165) is 38.4 Å². The zero-order chi connectivity index (χ0) is 27.8. The minimum absolute atomic E-state index is 0.0145. The van der Waals surface area contributed by atoms with Crippen molar-refractivity contribution < 1.29 is 31.1 Å². The quantitative estimate of drug-likeness (QED) is 0.444. The second-order valence-corrected chi connectivity index (χ2v) is 11.2. The molecule has 1 saturated heterocycles. The summed E-state index contributed by atoms with van der Waals surface area (Å²) < 4.78 is 68.3. The third kappa shape index (κ3) is 9.03. The SMILES string of the molecule is CCS(=O)(=O)c1ccc(Cl)cc1CNC(=O)c1cc(Cl)c(CN2CCCCC2)c(OC(F)(F)F)c1.CN. The lowest BCUT2D eigenvalue weighted by Crippen LogP contribution is -2.30. The van der Waals surface area contributed by atoms with Crippen LogP contribution in [0.2, 0.25) is 10.0 Å². The Morgan fingerprint density at radius 2 is 1.76 bits per heavy atom. The molecule has 2 aromatic rings. The van der Waals surface area contributed by atoms with Crippen LogP contribution in [0.15, 0.2) is 35.2 Å². The van der Waals surface area contributed by atoms with E-state index in [4.69, 9.17) is 23.2 Å². The molecule has 0 saturated carbocycles. The van der Waals surface area contributed by atoms with Crippen molar-refractivity contribution in [3.8, 4) is 5.75 Å². The first-order valence-corrected chi connectivity index (χ1v) is 14.0. The fourth-order valence-corrected chi connectivity index (χ4v) is 5.46. The summed E-state index contributed by atoms with van der Waals surface area (Å²) in [7, 11) is -2.09. The Hall–Kier alpha value is -2.05. The van der Waals surface area contributed by atoms with Crippen molar-refractivity contribution in [2.24, 2.45) is 5.73 Å². The topological polar surface area (TPSA) is 102 Å². The van der Waals surface area contributed by atoms with Crippen molar-refractivity contribution in [3.05, 3.63) is 57.1 Å². The van der Waals surface area contributed by atoms with Gasteiger partial charge in [-0.3, -0.25) is 9.69 Å². The Morgan fingerprint density at radius 1 is 1.11 bits per heavy atom. The highest BCUT2D eigenvalue weighted by molar-refractivity contribution is 7.91. The largest absolute Gasteiger partial charge is 0.573 e. The molecule has 0 aromatic heterocycles. The lowest BCUT2D eigenvalue weighted by Gasteiger charge is -2.28. The number of hydrogen-bond donors (Lipinski definition) is 2. The average Bonchev–Trinajstić information content (AvgIpc) is 2.85. The molecule has 13 heteroatoms. The number of halogens is 5. The first kappa shape index (κ1) is 31.2. The maximum atomic E-state index is 13.1. The molecule has 0 aliphatic carbocycles. The third-order valence-corrected chi connectivity index (χ3v) is 8.05. The van der Waals surface area contributed by atoms with Crippen molar-refractivity contribution in [1.29, 1.82) is 0 Å². The van der Waals surface area contributed by atoms with Gasteiger partial charge in [-0.15, -0.1) is 13.2 Å². The summed E-state index contributed by atoms with van der Waals surface area (Å²) >= 11 is 12.3. The molecular weight excluding hydrogens is 554 g/mol. The molecule has 0 radical (unpaired) electrons. The minimum Gasteiger partial charge on any atom is -0.405 e. The summed E-state index contributed by atoms with van der Waals surface area (Å²) in [5, 5.41) is 2.77. The zero-order valence-electron chi connectivity index (χ0n) is 20.5. The van der Waals surface area contributed by atoms with Crippen molar-refractivity contribution in [1.82, 2.24) is 10.2 Å². The molecule has 1 heterocycles. The number of amides is 1. The predicted molar refractivity (Wildman–Crippen MR) is 138 cm³/mol. The van der Waals surface area contributed by atoms with Crippen LogP contribution in [0.1, 0.15) is 47.7 Å². The molecule has 206 valence electrons. The maximum absolute atomic E-state index is 13.1. The van der Waals surface area contributed by atoms with Crippen LogP contribution < -0.4 is 15.8 Å². The molecule has 2 aromatic carbocycles. The summed E-state index contributed by atoms with van der Waals surface area (Å²) in [5.41, 5.74) is 4.75. The molecule has 1 aliphatic heterocycles. The van der Waals surface area contributed by atoms with E-state index in [0.29, 0.717) is 0 Å². The minimum atomic E-state index is -4.97.